The van der Waals surface area contributed by atoms with Crippen LogP contribution in [0.5, 0.6) is 23.0 Å². The van der Waals surface area contributed by atoms with Gasteiger partial charge < -0.3 is 18.9 Å². The summed E-state index contributed by atoms with van der Waals surface area (Å²) in [6.45, 7) is 0. The summed E-state index contributed by atoms with van der Waals surface area (Å²) in [6, 6.07) is 3.09. The van der Waals surface area contributed by atoms with Gasteiger partial charge in [-0.15, -0.1) is 5.26 Å². The van der Waals surface area contributed by atoms with E-state index in [2.05, 4.69) is 4.74 Å². The van der Waals surface area contributed by atoms with E-state index in [1.54, 1.807) is 18.4 Å². The molecule has 0 saturated carbocycles. The Balaban J connectivity index is 3.24. The molecule has 0 amide bonds. The van der Waals surface area contributed by atoms with Gasteiger partial charge in [0.25, 0.3) is 6.26 Å². The van der Waals surface area contributed by atoms with Gasteiger partial charge in [0.15, 0.2) is 11.5 Å². The van der Waals surface area contributed by atoms with E-state index in [0.717, 1.165) is 0 Å². The third-order valence-electron chi connectivity index (χ3n) is 1.80. The molecule has 15 heavy (non-hydrogen) atoms. The minimum Gasteiger partial charge on any atom is -0.493 e. The second kappa shape index (κ2) is 4.96. The van der Waals surface area contributed by atoms with Crippen LogP contribution in [-0.4, -0.2) is 21.3 Å². The van der Waals surface area contributed by atoms with Gasteiger partial charge >= 0.3 is 0 Å². The minimum absolute atomic E-state index is 0.340. The van der Waals surface area contributed by atoms with E-state index < -0.39 is 0 Å². The molecule has 0 unspecified atom stereocenters. The highest BCUT2D eigenvalue weighted by molar-refractivity contribution is 5.56. The van der Waals surface area contributed by atoms with Crippen molar-refractivity contribution in [1.29, 1.82) is 5.26 Å². The number of hydrogen-bond acceptors (Lipinski definition) is 5. The van der Waals surface area contributed by atoms with E-state index in [1.165, 1.54) is 21.3 Å². The van der Waals surface area contributed by atoms with Gasteiger partial charge in [-0.3, -0.25) is 0 Å². The molecule has 0 bridgehead atoms. The summed E-state index contributed by atoms with van der Waals surface area (Å²) in [5.41, 5.74) is 0. The van der Waals surface area contributed by atoms with Gasteiger partial charge in [0.05, 0.1) is 21.3 Å². The van der Waals surface area contributed by atoms with Crippen LogP contribution in [0.15, 0.2) is 12.1 Å². The second-order valence-electron chi connectivity index (χ2n) is 2.55. The molecule has 5 heteroatoms. The zero-order valence-electron chi connectivity index (χ0n) is 8.73. The highest BCUT2D eigenvalue weighted by atomic mass is 16.5. The molecule has 0 heterocycles. The van der Waals surface area contributed by atoms with Crippen LogP contribution in [0, 0.1) is 11.5 Å². The minimum atomic E-state index is 0.340. The summed E-state index contributed by atoms with van der Waals surface area (Å²) >= 11 is 0. The van der Waals surface area contributed by atoms with Gasteiger partial charge in [0.2, 0.25) is 5.75 Å². The Morgan fingerprint density at radius 2 is 1.53 bits per heavy atom. The van der Waals surface area contributed by atoms with Crippen LogP contribution in [0.4, 0.5) is 0 Å². The molecule has 0 aliphatic rings. The lowest BCUT2D eigenvalue weighted by Gasteiger charge is -2.12. The molecular formula is C10H11NO4. The Morgan fingerprint density at radius 1 is 1.00 bits per heavy atom. The molecule has 80 valence electrons. The third-order valence-corrected chi connectivity index (χ3v) is 1.80. The Labute approximate surface area is 87.7 Å². The van der Waals surface area contributed by atoms with Crippen molar-refractivity contribution in [2.45, 2.75) is 0 Å². The van der Waals surface area contributed by atoms with Crippen molar-refractivity contribution < 1.29 is 18.9 Å². The van der Waals surface area contributed by atoms with Crippen LogP contribution in [0.25, 0.3) is 0 Å². The van der Waals surface area contributed by atoms with Crippen LogP contribution < -0.4 is 18.9 Å². The number of rotatable bonds is 4. The highest BCUT2D eigenvalue weighted by Gasteiger charge is 2.13. The van der Waals surface area contributed by atoms with Crippen molar-refractivity contribution >= 4 is 0 Å². The maximum Gasteiger partial charge on any atom is 0.292 e. The summed E-state index contributed by atoms with van der Waals surface area (Å²) in [5.74, 6) is 1.70. The SMILES string of the molecule is COc1cc(OC#N)cc(OC)c1OC. The summed E-state index contributed by atoms with van der Waals surface area (Å²) < 4.78 is 19.9. The van der Waals surface area contributed by atoms with E-state index in [9.17, 15) is 0 Å². The Bertz CT molecular complexity index is 358. The molecule has 0 saturated heterocycles. The smallest absolute Gasteiger partial charge is 0.292 e. The molecule has 0 aliphatic carbocycles. The molecule has 0 atom stereocenters. The van der Waals surface area contributed by atoms with Crippen LogP contribution in [-0.2, 0) is 0 Å². The van der Waals surface area contributed by atoms with Crippen molar-refractivity contribution in [2.24, 2.45) is 0 Å². The zero-order valence-corrected chi connectivity index (χ0v) is 8.73. The molecule has 0 fully saturated rings. The standard InChI is InChI=1S/C10H11NO4/c1-12-8-4-7(15-6-11)5-9(13-2)10(8)14-3/h4-5H,1-3H3. The fourth-order valence-electron chi connectivity index (χ4n) is 1.17. The summed E-state index contributed by atoms with van der Waals surface area (Å²) in [4.78, 5) is 0. The lowest BCUT2D eigenvalue weighted by atomic mass is 10.2. The monoisotopic (exact) mass is 209 g/mol. The van der Waals surface area contributed by atoms with Gasteiger partial charge in [-0.25, -0.2) is 0 Å². The lowest BCUT2D eigenvalue weighted by molar-refractivity contribution is 0.321. The molecule has 1 rings (SSSR count). The van der Waals surface area contributed by atoms with Crippen LogP contribution in [0.2, 0.25) is 0 Å². The maximum absolute atomic E-state index is 8.39. The van der Waals surface area contributed by atoms with E-state index in [4.69, 9.17) is 19.5 Å². The molecule has 0 spiro atoms. The predicted molar refractivity (Wildman–Crippen MR) is 52.3 cm³/mol. The molecule has 1 aromatic carbocycles. The fourth-order valence-corrected chi connectivity index (χ4v) is 1.17. The van der Waals surface area contributed by atoms with Crippen molar-refractivity contribution in [1.82, 2.24) is 0 Å². The quantitative estimate of drug-likeness (QED) is 0.704. The van der Waals surface area contributed by atoms with E-state index in [-0.39, 0.29) is 0 Å². The topological polar surface area (TPSA) is 60.7 Å². The molecule has 0 aromatic heterocycles. The number of hydrogen-bond donors (Lipinski definition) is 0. The molecule has 0 N–H and O–H groups in total. The normalized spacial score (nSPS) is 8.93. The van der Waals surface area contributed by atoms with Gasteiger partial charge in [-0.05, 0) is 0 Å². The highest BCUT2D eigenvalue weighted by Crippen LogP contribution is 2.40. The molecule has 5 nitrogen and oxygen atoms in total. The van der Waals surface area contributed by atoms with Crippen molar-refractivity contribution in [3.8, 4) is 29.3 Å². The predicted octanol–water partition coefficient (Wildman–Crippen LogP) is 1.57. The average molecular weight is 209 g/mol. The number of nitriles is 1. The fraction of sp³-hybridized carbons (Fsp3) is 0.300. The van der Waals surface area contributed by atoms with Gasteiger partial charge in [-0.1, -0.05) is 0 Å². The Morgan fingerprint density at radius 3 is 1.87 bits per heavy atom. The number of benzene rings is 1. The number of methoxy groups -OCH3 is 3. The lowest BCUT2D eigenvalue weighted by Crippen LogP contribution is -1.95. The molecule has 1 aromatic rings. The average Bonchev–Trinajstić information content (AvgIpc) is 2.28. The van der Waals surface area contributed by atoms with Crippen molar-refractivity contribution in [3.05, 3.63) is 12.1 Å². The van der Waals surface area contributed by atoms with Gasteiger partial charge in [-0.2, -0.15) is 0 Å². The Kier molecular flexibility index (Phi) is 3.63. The van der Waals surface area contributed by atoms with Crippen LogP contribution in [0.3, 0.4) is 0 Å². The first-order valence-electron chi connectivity index (χ1n) is 4.12. The molecule has 0 radical (unpaired) electrons. The first kappa shape index (κ1) is 11.0. The zero-order chi connectivity index (χ0) is 11.3. The summed E-state index contributed by atoms with van der Waals surface area (Å²) in [7, 11) is 4.49. The molecular weight excluding hydrogens is 198 g/mol. The maximum atomic E-state index is 8.39. The summed E-state index contributed by atoms with van der Waals surface area (Å²) in [5, 5.41) is 8.39. The Hall–Kier alpha value is -2.09. The van der Waals surface area contributed by atoms with E-state index >= 15 is 0 Å². The molecule has 0 aliphatic heterocycles. The first-order chi connectivity index (χ1) is 7.26. The van der Waals surface area contributed by atoms with E-state index in [0.29, 0.717) is 23.0 Å². The largest absolute Gasteiger partial charge is 0.493 e. The van der Waals surface area contributed by atoms with Crippen molar-refractivity contribution in [3.63, 3.8) is 0 Å². The van der Waals surface area contributed by atoms with Crippen LogP contribution >= 0.6 is 0 Å². The summed E-state index contributed by atoms with van der Waals surface area (Å²) in [6.07, 6.45) is 1.57. The number of ether oxygens (including phenoxy) is 4. The van der Waals surface area contributed by atoms with E-state index in [1.807, 2.05) is 0 Å². The second-order valence-corrected chi connectivity index (χ2v) is 2.55. The van der Waals surface area contributed by atoms with Gasteiger partial charge in [0, 0.05) is 12.1 Å². The third kappa shape index (κ3) is 2.23. The van der Waals surface area contributed by atoms with Crippen LogP contribution in [0.1, 0.15) is 0 Å². The first-order valence-corrected chi connectivity index (χ1v) is 4.12. The van der Waals surface area contributed by atoms with Gasteiger partial charge in [0.1, 0.15) is 5.75 Å². The number of nitrogens with zero attached hydrogens (tertiary/aromatic N) is 1. The van der Waals surface area contributed by atoms with Crippen molar-refractivity contribution in [2.75, 3.05) is 21.3 Å².